The van der Waals surface area contributed by atoms with Crippen LogP contribution in [0.4, 0.5) is 0 Å². The SMILES string of the molecule is CC.O=C1C=C2C(c3ccc(CO)cc3)=CC3CC2(O1)C1CCCCN31. The molecule has 4 nitrogen and oxygen atoms in total. The Morgan fingerprint density at radius 1 is 1.23 bits per heavy atom. The van der Waals surface area contributed by atoms with Gasteiger partial charge in [0, 0.05) is 24.1 Å². The third-order valence-corrected chi connectivity index (χ3v) is 6.12. The van der Waals surface area contributed by atoms with Gasteiger partial charge in [0.1, 0.15) is 0 Å². The minimum atomic E-state index is -0.443. The molecule has 3 heterocycles. The average molecular weight is 353 g/mol. The molecule has 1 aromatic rings. The second kappa shape index (κ2) is 6.67. The maximum Gasteiger partial charge on any atom is 0.332 e. The number of hydrogen-bond acceptors (Lipinski definition) is 4. The Hall–Kier alpha value is -1.91. The number of benzene rings is 1. The van der Waals surface area contributed by atoms with Gasteiger partial charge in [0.25, 0.3) is 0 Å². The van der Waals surface area contributed by atoms with Gasteiger partial charge < -0.3 is 9.84 Å². The summed E-state index contributed by atoms with van der Waals surface area (Å²) in [6.07, 6.45) is 8.47. The molecule has 5 rings (SSSR count). The van der Waals surface area contributed by atoms with Crippen LogP contribution in [0.1, 0.15) is 50.7 Å². The van der Waals surface area contributed by atoms with Crippen molar-refractivity contribution in [3.05, 3.63) is 53.1 Å². The summed E-state index contributed by atoms with van der Waals surface area (Å²) in [5.41, 5.74) is 3.76. The highest BCUT2D eigenvalue weighted by molar-refractivity contribution is 5.97. The lowest BCUT2D eigenvalue weighted by molar-refractivity contribution is -0.148. The quantitative estimate of drug-likeness (QED) is 0.828. The first-order valence-electron chi connectivity index (χ1n) is 9.84. The Morgan fingerprint density at radius 2 is 2.00 bits per heavy atom. The Kier molecular flexibility index (Phi) is 4.49. The number of fused-ring (bicyclic) bond motifs is 3. The molecular formula is C22H27NO3. The molecule has 4 heteroatoms. The highest BCUT2D eigenvalue weighted by atomic mass is 16.6. The molecule has 0 amide bonds. The van der Waals surface area contributed by atoms with Crippen molar-refractivity contribution in [3.63, 3.8) is 0 Å². The van der Waals surface area contributed by atoms with Gasteiger partial charge in [-0.3, -0.25) is 4.90 Å². The molecule has 138 valence electrons. The number of carbonyl (C=O) groups is 1. The molecule has 2 bridgehead atoms. The van der Waals surface area contributed by atoms with Gasteiger partial charge in [0.2, 0.25) is 0 Å². The minimum Gasteiger partial charge on any atom is -0.449 e. The number of ether oxygens (including phenoxy) is 1. The first-order chi connectivity index (χ1) is 12.7. The van der Waals surface area contributed by atoms with Crippen LogP contribution >= 0.6 is 0 Å². The van der Waals surface area contributed by atoms with E-state index in [-0.39, 0.29) is 12.6 Å². The number of rotatable bonds is 2. The standard InChI is InChI=1S/C20H21NO3.C2H6/c22-12-13-4-6-14(7-5-13)16-9-15-11-20(17(16)10-19(23)24-20)18-3-1-2-8-21(15)18;1-2/h4-7,9-10,15,18,22H,1-3,8,11-12H2;1-2H3. The van der Waals surface area contributed by atoms with Crippen LogP contribution in [0.5, 0.6) is 0 Å². The van der Waals surface area contributed by atoms with Crippen molar-refractivity contribution in [2.24, 2.45) is 0 Å². The fraction of sp³-hybridized carbons (Fsp3) is 0.500. The maximum atomic E-state index is 12.2. The van der Waals surface area contributed by atoms with Gasteiger partial charge in [0.05, 0.1) is 12.6 Å². The van der Waals surface area contributed by atoms with Gasteiger partial charge in [-0.25, -0.2) is 4.79 Å². The fourth-order valence-electron chi connectivity index (χ4n) is 5.10. The molecule has 1 N–H and O–H groups in total. The van der Waals surface area contributed by atoms with E-state index in [9.17, 15) is 9.90 Å². The van der Waals surface area contributed by atoms with E-state index in [1.54, 1.807) is 6.08 Å². The number of aliphatic hydroxyl groups is 1. The zero-order valence-corrected chi connectivity index (χ0v) is 15.6. The Balaban J connectivity index is 0.000000814. The number of hydrogen-bond donors (Lipinski definition) is 1. The number of nitrogens with zero attached hydrogens (tertiary/aromatic N) is 1. The summed E-state index contributed by atoms with van der Waals surface area (Å²) < 4.78 is 5.96. The lowest BCUT2D eigenvalue weighted by Gasteiger charge is -2.38. The molecule has 3 unspecified atom stereocenters. The van der Waals surface area contributed by atoms with E-state index in [0.717, 1.165) is 41.7 Å². The van der Waals surface area contributed by atoms with Gasteiger partial charge in [-0.05, 0) is 36.1 Å². The Bertz CT molecular complexity index is 764. The van der Waals surface area contributed by atoms with E-state index in [2.05, 4.69) is 11.0 Å². The van der Waals surface area contributed by atoms with Crippen molar-refractivity contribution >= 4 is 11.5 Å². The summed E-state index contributed by atoms with van der Waals surface area (Å²) in [4.78, 5) is 14.7. The maximum absolute atomic E-state index is 12.2. The molecular weight excluding hydrogens is 326 g/mol. The number of carbonyl (C=O) groups excluding carboxylic acids is 1. The summed E-state index contributed by atoms with van der Waals surface area (Å²) in [6.45, 7) is 5.14. The van der Waals surface area contributed by atoms with E-state index in [1.165, 1.54) is 12.8 Å². The van der Waals surface area contributed by atoms with Gasteiger partial charge in [0.15, 0.2) is 5.60 Å². The van der Waals surface area contributed by atoms with Gasteiger partial charge in [-0.15, -0.1) is 0 Å². The van der Waals surface area contributed by atoms with Crippen LogP contribution in [-0.4, -0.2) is 40.2 Å². The van der Waals surface area contributed by atoms with E-state index >= 15 is 0 Å². The highest BCUT2D eigenvalue weighted by Gasteiger charge is 2.61. The summed E-state index contributed by atoms with van der Waals surface area (Å²) in [5, 5.41) is 9.26. The van der Waals surface area contributed by atoms with Crippen molar-refractivity contribution in [2.75, 3.05) is 6.54 Å². The number of esters is 1. The van der Waals surface area contributed by atoms with Crippen LogP contribution in [0.15, 0.2) is 42.0 Å². The molecule has 3 atom stereocenters. The van der Waals surface area contributed by atoms with Crippen molar-refractivity contribution in [1.82, 2.24) is 4.90 Å². The highest BCUT2D eigenvalue weighted by Crippen LogP contribution is 2.55. The predicted molar refractivity (Wildman–Crippen MR) is 101 cm³/mol. The molecule has 1 spiro atoms. The number of piperidine rings is 1. The fourth-order valence-corrected chi connectivity index (χ4v) is 5.10. The van der Waals surface area contributed by atoms with Crippen LogP contribution in [0.3, 0.4) is 0 Å². The topological polar surface area (TPSA) is 49.8 Å². The van der Waals surface area contributed by atoms with E-state index in [1.807, 2.05) is 38.1 Å². The van der Waals surface area contributed by atoms with E-state index < -0.39 is 5.60 Å². The van der Waals surface area contributed by atoms with Crippen molar-refractivity contribution in [3.8, 4) is 0 Å². The van der Waals surface area contributed by atoms with Gasteiger partial charge in [-0.2, -0.15) is 0 Å². The molecule has 1 aliphatic carbocycles. The van der Waals surface area contributed by atoms with Gasteiger partial charge in [-0.1, -0.05) is 50.6 Å². The van der Waals surface area contributed by atoms with Gasteiger partial charge >= 0.3 is 5.97 Å². The zero-order valence-electron chi connectivity index (χ0n) is 15.6. The first-order valence-corrected chi connectivity index (χ1v) is 9.84. The van der Waals surface area contributed by atoms with Crippen LogP contribution in [0.2, 0.25) is 0 Å². The molecule has 2 fully saturated rings. The zero-order chi connectivity index (χ0) is 18.3. The van der Waals surface area contributed by atoms with Crippen LogP contribution in [0, 0.1) is 0 Å². The third-order valence-electron chi connectivity index (χ3n) is 6.12. The van der Waals surface area contributed by atoms with Crippen LogP contribution in [0.25, 0.3) is 5.57 Å². The normalized spacial score (nSPS) is 31.9. The average Bonchev–Trinajstić information content (AvgIpc) is 3.18. The van der Waals surface area contributed by atoms with Crippen LogP contribution < -0.4 is 0 Å². The Morgan fingerprint density at radius 3 is 2.73 bits per heavy atom. The predicted octanol–water partition coefficient (Wildman–Crippen LogP) is 3.45. The second-order valence-electron chi connectivity index (χ2n) is 7.32. The number of aliphatic hydroxyl groups excluding tert-OH is 1. The molecule has 4 aliphatic rings. The lowest BCUT2D eigenvalue weighted by Crippen LogP contribution is -2.48. The first kappa shape index (κ1) is 17.5. The minimum absolute atomic E-state index is 0.0477. The molecule has 0 saturated carbocycles. The van der Waals surface area contributed by atoms with Crippen LogP contribution in [-0.2, 0) is 16.1 Å². The van der Waals surface area contributed by atoms with Crippen molar-refractivity contribution in [2.45, 2.75) is 63.8 Å². The summed E-state index contributed by atoms with van der Waals surface area (Å²) in [5.74, 6) is -0.198. The van der Waals surface area contributed by atoms with E-state index in [4.69, 9.17) is 4.74 Å². The largest absolute Gasteiger partial charge is 0.449 e. The molecule has 0 radical (unpaired) electrons. The second-order valence-corrected chi connectivity index (χ2v) is 7.32. The van der Waals surface area contributed by atoms with Crippen molar-refractivity contribution in [1.29, 1.82) is 0 Å². The Labute approximate surface area is 155 Å². The monoisotopic (exact) mass is 353 g/mol. The summed E-state index contributed by atoms with van der Waals surface area (Å²) in [7, 11) is 0. The molecule has 2 saturated heterocycles. The van der Waals surface area contributed by atoms with Crippen molar-refractivity contribution < 1.29 is 14.6 Å². The summed E-state index contributed by atoms with van der Waals surface area (Å²) >= 11 is 0. The third kappa shape index (κ3) is 2.47. The smallest absolute Gasteiger partial charge is 0.332 e. The van der Waals surface area contributed by atoms with E-state index in [0.29, 0.717) is 12.1 Å². The molecule has 26 heavy (non-hydrogen) atoms. The summed E-state index contributed by atoms with van der Waals surface area (Å²) in [6, 6.07) is 8.65. The molecule has 0 aromatic heterocycles. The molecule has 1 aromatic carbocycles. The molecule has 3 aliphatic heterocycles. The lowest BCUT2D eigenvalue weighted by atomic mass is 9.75.